The Hall–Kier alpha value is -4.30. The molecule has 0 fully saturated rings. The number of carbonyl (C=O) groups excluding carboxylic acids is 1. The van der Waals surface area contributed by atoms with Crippen LogP contribution in [0.3, 0.4) is 0 Å². The molecule has 2 N–H and O–H groups in total. The number of nitrogens with one attached hydrogen (secondary N) is 2. The Morgan fingerprint density at radius 3 is 2.51 bits per heavy atom. The van der Waals surface area contributed by atoms with E-state index in [0.717, 1.165) is 11.3 Å². The molecule has 0 atom stereocenters. The van der Waals surface area contributed by atoms with E-state index >= 15 is 0 Å². The molecule has 2 aromatic heterocycles. The van der Waals surface area contributed by atoms with Crippen molar-refractivity contribution in [2.45, 2.75) is 6.54 Å². The Morgan fingerprint density at radius 2 is 1.76 bits per heavy atom. The number of anilines is 1. The molecule has 9 heteroatoms. The van der Waals surface area contributed by atoms with Gasteiger partial charge in [0.15, 0.2) is 0 Å². The summed E-state index contributed by atoms with van der Waals surface area (Å²) >= 11 is 6.10. The Labute approximate surface area is 220 Å². The number of amides is 1. The van der Waals surface area contributed by atoms with Gasteiger partial charge in [-0.05, 0) is 48.0 Å². The molecule has 2 heterocycles. The fourth-order valence-corrected chi connectivity index (χ4v) is 3.82. The number of ether oxygens (including phenoxy) is 3. The highest BCUT2D eigenvalue weighted by Gasteiger charge is 2.20. The zero-order valence-electron chi connectivity index (χ0n) is 20.5. The third-order valence-electron chi connectivity index (χ3n) is 5.39. The van der Waals surface area contributed by atoms with Crippen molar-refractivity contribution in [1.29, 1.82) is 0 Å². The summed E-state index contributed by atoms with van der Waals surface area (Å²) in [6, 6.07) is 23.9. The first-order chi connectivity index (χ1) is 18.1. The Balaban J connectivity index is 1.56. The molecule has 4 rings (SSSR count). The first kappa shape index (κ1) is 25.8. The van der Waals surface area contributed by atoms with E-state index < -0.39 is 0 Å². The lowest BCUT2D eigenvalue weighted by atomic mass is 10.1. The Kier molecular flexibility index (Phi) is 8.78. The quantitative estimate of drug-likeness (QED) is 0.262. The van der Waals surface area contributed by atoms with Gasteiger partial charge in [-0.15, -0.1) is 0 Å². The molecule has 0 spiro atoms. The summed E-state index contributed by atoms with van der Waals surface area (Å²) in [4.78, 5) is 22.3. The molecule has 0 aliphatic carbocycles. The van der Waals surface area contributed by atoms with Crippen LogP contribution in [0.25, 0.3) is 11.3 Å². The molecule has 1 amide bonds. The second-order valence-electron chi connectivity index (χ2n) is 7.90. The summed E-state index contributed by atoms with van der Waals surface area (Å²) in [5.41, 5.74) is 2.35. The summed E-state index contributed by atoms with van der Waals surface area (Å²) in [6.07, 6.45) is 0. The van der Waals surface area contributed by atoms with Crippen LogP contribution >= 0.6 is 11.6 Å². The van der Waals surface area contributed by atoms with Gasteiger partial charge in [-0.1, -0.05) is 41.9 Å². The van der Waals surface area contributed by atoms with Crippen LogP contribution in [0.4, 0.5) is 5.82 Å². The van der Waals surface area contributed by atoms with Gasteiger partial charge in [0.05, 0.1) is 37.6 Å². The van der Waals surface area contributed by atoms with Crippen molar-refractivity contribution in [1.82, 2.24) is 15.3 Å². The van der Waals surface area contributed by atoms with Crippen LogP contribution < -0.4 is 24.8 Å². The highest BCUT2D eigenvalue weighted by atomic mass is 35.5. The first-order valence-electron chi connectivity index (χ1n) is 11.6. The SMILES string of the molecule is COc1ccc(-c2nc(NCc3cccc(Cl)c3)ccc2C(=O)NCCOc2ccccc2)c(OC)n1. The first-order valence-corrected chi connectivity index (χ1v) is 12.0. The average molecular weight is 519 g/mol. The standard InChI is InChI=1S/C28H27ClN4O4/c1-35-25-14-12-23(28(33-25)36-2)26-22(27(34)30-15-16-37-21-9-4-3-5-10-21)11-13-24(32-26)31-18-19-7-6-8-20(29)17-19/h3-14,17H,15-16,18H2,1-2H3,(H,30,34)(H,31,32). The monoisotopic (exact) mass is 518 g/mol. The molecule has 2 aromatic carbocycles. The van der Waals surface area contributed by atoms with E-state index in [1.165, 1.54) is 14.2 Å². The van der Waals surface area contributed by atoms with Crippen LogP contribution in [0.15, 0.2) is 78.9 Å². The fourth-order valence-electron chi connectivity index (χ4n) is 3.60. The topological polar surface area (TPSA) is 94.6 Å². The van der Waals surface area contributed by atoms with E-state index in [2.05, 4.69) is 15.6 Å². The van der Waals surface area contributed by atoms with Crippen molar-refractivity contribution >= 4 is 23.3 Å². The van der Waals surface area contributed by atoms with Gasteiger partial charge in [0.2, 0.25) is 11.8 Å². The number of rotatable bonds is 11. The van der Waals surface area contributed by atoms with E-state index in [1.54, 1.807) is 24.3 Å². The maximum absolute atomic E-state index is 13.2. The lowest BCUT2D eigenvalue weighted by Crippen LogP contribution is -2.28. The summed E-state index contributed by atoms with van der Waals surface area (Å²) in [7, 11) is 3.03. The molecule has 0 unspecified atom stereocenters. The Bertz CT molecular complexity index is 1350. The normalized spacial score (nSPS) is 10.5. The number of para-hydroxylation sites is 1. The smallest absolute Gasteiger partial charge is 0.253 e. The number of nitrogens with zero attached hydrogens (tertiary/aromatic N) is 2. The number of aromatic nitrogens is 2. The van der Waals surface area contributed by atoms with Gasteiger partial charge in [0.1, 0.15) is 18.2 Å². The van der Waals surface area contributed by atoms with E-state index in [-0.39, 0.29) is 5.91 Å². The lowest BCUT2D eigenvalue weighted by molar-refractivity contribution is 0.0947. The number of halogens is 1. The molecule has 190 valence electrons. The van der Waals surface area contributed by atoms with Crippen molar-refractivity contribution in [2.24, 2.45) is 0 Å². The van der Waals surface area contributed by atoms with Crippen LogP contribution in [0.2, 0.25) is 5.02 Å². The van der Waals surface area contributed by atoms with E-state index in [4.69, 9.17) is 30.8 Å². The maximum atomic E-state index is 13.2. The van der Waals surface area contributed by atoms with Gasteiger partial charge in [-0.3, -0.25) is 4.79 Å². The van der Waals surface area contributed by atoms with Crippen LogP contribution in [0, 0.1) is 0 Å². The summed E-state index contributed by atoms with van der Waals surface area (Å²) in [6.45, 7) is 1.15. The van der Waals surface area contributed by atoms with Gasteiger partial charge in [0, 0.05) is 17.6 Å². The predicted molar refractivity (Wildman–Crippen MR) is 144 cm³/mol. The predicted octanol–water partition coefficient (Wildman–Crippen LogP) is 5.24. The minimum absolute atomic E-state index is 0.292. The fraction of sp³-hybridized carbons (Fsp3) is 0.179. The van der Waals surface area contributed by atoms with Gasteiger partial charge in [-0.25, -0.2) is 4.98 Å². The zero-order valence-corrected chi connectivity index (χ0v) is 21.3. The second-order valence-corrected chi connectivity index (χ2v) is 8.34. The molecule has 0 aliphatic rings. The van der Waals surface area contributed by atoms with E-state index in [1.807, 2.05) is 54.6 Å². The van der Waals surface area contributed by atoms with Gasteiger partial charge in [0.25, 0.3) is 5.91 Å². The number of methoxy groups -OCH3 is 2. The van der Waals surface area contributed by atoms with Gasteiger partial charge in [-0.2, -0.15) is 4.98 Å². The molecule has 0 bridgehead atoms. The minimum Gasteiger partial charge on any atom is -0.492 e. The van der Waals surface area contributed by atoms with E-state index in [9.17, 15) is 4.79 Å². The number of hydrogen-bond donors (Lipinski definition) is 2. The molecule has 37 heavy (non-hydrogen) atoms. The summed E-state index contributed by atoms with van der Waals surface area (Å²) in [5.74, 6) is 1.71. The molecular weight excluding hydrogens is 492 g/mol. The van der Waals surface area contributed by atoms with Crippen LogP contribution in [-0.4, -0.2) is 43.2 Å². The van der Waals surface area contributed by atoms with Gasteiger partial charge < -0.3 is 24.8 Å². The largest absolute Gasteiger partial charge is 0.492 e. The Morgan fingerprint density at radius 1 is 0.919 bits per heavy atom. The summed E-state index contributed by atoms with van der Waals surface area (Å²) < 4.78 is 16.4. The molecule has 0 aliphatic heterocycles. The van der Waals surface area contributed by atoms with E-state index in [0.29, 0.717) is 59.1 Å². The third-order valence-corrected chi connectivity index (χ3v) is 5.63. The van der Waals surface area contributed by atoms with Crippen molar-refractivity contribution in [3.8, 4) is 28.8 Å². The summed E-state index contributed by atoms with van der Waals surface area (Å²) in [5, 5.41) is 6.84. The number of hydrogen-bond acceptors (Lipinski definition) is 7. The van der Waals surface area contributed by atoms with Crippen molar-refractivity contribution < 1.29 is 19.0 Å². The third kappa shape index (κ3) is 6.89. The van der Waals surface area contributed by atoms with Crippen molar-refractivity contribution in [3.63, 3.8) is 0 Å². The molecule has 0 saturated carbocycles. The molecule has 8 nitrogen and oxygen atoms in total. The molecular formula is C28H27ClN4O4. The van der Waals surface area contributed by atoms with Crippen molar-refractivity contribution in [2.75, 3.05) is 32.7 Å². The molecule has 4 aromatic rings. The number of carbonyl (C=O) groups is 1. The van der Waals surface area contributed by atoms with Gasteiger partial charge >= 0.3 is 0 Å². The highest BCUT2D eigenvalue weighted by Crippen LogP contribution is 2.32. The zero-order chi connectivity index (χ0) is 26.0. The van der Waals surface area contributed by atoms with Crippen LogP contribution in [0.5, 0.6) is 17.5 Å². The van der Waals surface area contributed by atoms with Crippen molar-refractivity contribution in [3.05, 3.63) is 95.0 Å². The van der Waals surface area contributed by atoms with Crippen LogP contribution in [0.1, 0.15) is 15.9 Å². The minimum atomic E-state index is -0.293. The lowest BCUT2D eigenvalue weighted by Gasteiger charge is -2.15. The number of pyridine rings is 2. The molecule has 0 radical (unpaired) electrons. The maximum Gasteiger partial charge on any atom is 0.253 e. The highest BCUT2D eigenvalue weighted by molar-refractivity contribution is 6.30. The van der Waals surface area contributed by atoms with Crippen LogP contribution in [-0.2, 0) is 6.54 Å². The molecule has 0 saturated heterocycles. The average Bonchev–Trinajstić information content (AvgIpc) is 2.94. The number of benzene rings is 2. The second kappa shape index (κ2) is 12.6.